The van der Waals surface area contributed by atoms with E-state index in [4.69, 9.17) is 13.9 Å². The van der Waals surface area contributed by atoms with Crippen molar-refractivity contribution in [3.63, 3.8) is 0 Å². The van der Waals surface area contributed by atoms with Crippen molar-refractivity contribution >= 4 is 33.5 Å². The number of nitrogens with zero attached hydrogens (tertiary/aromatic N) is 2. The Morgan fingerprint density at radius 2 is 1.97 bits per heavy atom. The molecule has 0 spiro atoms. The van der Waals surface area contributed by atoms with Crippen LogP contribution in [0.4, 0.5) is 11.7 Å². The topological polar surface area (TPSA) is 98.5 Å². The van der Waals surface area contributed by atoms with Gasteiger partial charge < -0.3 is 24.5 Å². The summed E-state index contributed by atoms with van der Waals surface area (Å²) in [6, 6.07) is 13.4. The molecule has 0 aliphatic rings. The number of halogens is 1. The van der Waals surface area contributed by atoms with E-state index in [1.165, 1.54) is 0 Å². The van der Waals surface area contributed by atoms with Crippen molar-refractivity contribution in [2.75, 3.05) is 12.4 Å². The van der Waals surface area contributed by atoms with Gasteiger partial charge in [0.05, 0.1) is 12.8 Å². The summed E-state index contributed by atoms with van der Waals surface area (Å²) in [5.74, 6) is 2.04. The summed E-state index contributed by atoms with van der Waals surface area (Å²) < 4.78 is 17.8. The minimum atomic E-state index is 0.0467. The molecule has 1 amide bonds. The molecule has 3 aromatic rings. The molecular formula is C27H33BrN4O4. The fourth-order valence-electron chi connectivity index (χ4n) is 3.33. The quantitative estimate of drug-likeness (QED) is 0.171. The molecule has 0 aliphatic carbocycles. The summed E-state index contributed by atoms with van der Waals surface area (Å²) in [5, 5.41) is 14.0. The Morgan fingerprint density at radius 3 is 2.75 bits per heavy atom. The number of carbonyl (C=O) groups is 1. The van der Waals surface area contributed by atoms with Crippen molar-refractivity contribution in [3.05, 3.63) is 70.5 Å². The summed E-state index contributed by atoms with van der Waals surface area (Å²) in [7, 11) is 1.57. The number of hydrogen-bond acceptors (Lipinski definition) is 7. The van der Waals surface area contributed by atoms with Gasteiger partial charge in [0.1, 0.15) is 0 Å². The first kappa shape index (κ1) is 27.3. The van der Waals surface area contributed by atoms with E-state index in [1.54, 1.807) is 13.2 Å². The molecule has 8 nitrogen and oxygen atoms in total. The van der Waals surface area contributed by atoms with Crippen molar-refractivity contribution in [1.82, 2.24) is 15.5 Å². The summed E-state index contributed by atoms with van der Waals surface area (Å²) >= 11 is 3.47. The molecule has 192 valence electrons. The van der Waals surface area contributed by atoms with E-state index in [2.05, 4.69) is 62.8 Å². The van der Waals surface area contributed by atoms with Gasteiger partial charge in [-0.25, -0.2) is 0 Å². The third-order valence-corrected chi connectivity index (χ3v) is 5.89. The van der Waals surface area contributed by atoms with E-state index in [9.17, 15) is 4.79 Å². The number of nitrogens with one attached hydrogen (secondary N) is 2. The first-order valence-electron chi connectivity index (χ1n) is 12.0. The lowest BCUT2D eigenvalue weighted by Gasteiger charge is -2.12. The average molecular weight is 557 g/mol. The first-order valence-corrected chi connectivity index (χ1v) is 12.8. The number of ether oxygens (including phenoxy) is 2. The number of rotatable bonds is 14. The Morgan fingerprint density at radius 1 is 1.14 bits per heavy atom. The van der Waals surface area contributed by atoms with Gasteiger partial charge in [0.15, 0.2) is 18.1 Å². The van der Waals surface area contributed by atoms with Gasteiger partial charge in [0.2, 0.25) is 5.91 Å². The highest BCUT2D eigenvalue weighted by atomic mass is 79.9. The number of carbonyl (C=O) groups excluding carboxylic acids is 1. The fraction of sp³-hybridized carbons (Fsp3) is 0.370. The van der Waals surface area contributed by atoms with E-state index >= 15 is 0 Å². The SMILES string of the molecule is COc1cc(CNC(=O)CCCC/C=C/C(C)C)ccc1OCc1nnc(Nc2ccccc2Br)o1. The molecule has 0 fully saturated rings. The number of unbranched alkanes of at least 4 members (excludes halogenated alkanes) is 2. The van der Waals surface area contributed by atoms with Crippen LogP contribution in [-0.4, -0.2) is 23.2 Å². The van der Waals surface area contributed by atoms with E-state index in [0.29, 0.717) is 36.3 Å². The number of allylic oxidation sites excluding steroid dienone is 2. The Bertz CT molecular complexity index is 1150. The monoisotopic (exact) mass is 556 g/mol. The van der Waals surface area contributed by atoms with E-state index in [1.807, 2.05) is 36.4 Å². The molecule has 3 rings (SSSR count). The van der Waals surface area contributed by atoms with Crippen LogP contribution >= 0.6 is 15.9 Å². The van der Waals surface area contributed by atoms with E-state index in [-0.39, 0.29) is 18.5 Å². The molecule has 0 saturated heterocycles. The number of para-hydroxylation sites is 1. The average Bonchev–Trinajstić information content (AvgIpc) is 3.32. The third-order valence-electron chi connectivity index (χ3n) is 5.20. The zero-order valence-corrected chi connectivity index (χ0v) is 22.5. The van der Waals surface area contributed by atoms with Crippen LogP contribution < -0.4 is 20.1 Å². The number of anilines is 2. The van der Waals surface area contributed by atoms with E-state index < -0.39 is 0 Å². The van der Waals surface area contributed by atoms with Gasteiger partial charge >= 0.3 is 6.01 Å². The zero-order valence-electron chi connectivity index (χ0n) is 20.9. The number of methoxy groups -OCH3 is 1. The smallest absolute Gasteiger partial charge is 0.320 e. The maximum Gasteiger partial charge on any atom is 0.320 e. The van der Waals surface area contributed by atoms with Crippen LogP contribution in [0.3, 0.4) is 0 Å². The molecular weight excluding hydrogens is 524 g/mol. The molecule has 2 aromatic carbocycles. The highest BCUT2D eigenvalue weighted by Gasteiger charge is 2.12. The molecule has 0 atom stereocenters. The van der Waals surface area contributed by atoms with Crippen molar-refractivity contribution < 1.29 is 18.7 Å². The molecule has 36 heavy (non-hydrogen) atoms. The maximum absolute atomic E-state index is 12.2. The van der Waals surface area contributed by atoms with Crippen LogP contribution in [0.25, 0.3) is 0 Å². The van der Waals surface area contributed by atoms with Crippen molar-refractivity contribution in [2.45, 2.75) is 52.7 Å². The van der Waals surface area contributed by atoms with Crippen LogP contribution in [0.15, 0.2) is 63.5 Å². The lowest BCUT2D eigenvalue weighted by molar-refractivity contribution is -0.121. The highest BCUT2D eigenvalue weighted by Crippen LogP contribution is 2.29. The van der Waals surface area contributed by atoms with Gasteiger partial charge in [-0.2, -0.15) is 0 Å². The number of benzene rings is 2. The van der Waals surface area contributed by atoms with E-state index in [0.717, 1.165) is 35.0 Å². The summed E-state index contributed by atoms with van der Waals surface area (Å²) in [6.45, 7) is 4.83. The predicted molar refractivity (Wildman–Crippen MR) is 143 cm³/mol. The minimum Gasteiger partial charge on any atom is -0.493 e. The number of aromatic nitrogens is 2. The van der Waals surface area contributed by atoms with Crippen LogP contribution in [-0.2, 0) is 17.9 Å². The Kier molecular flexibility index (Phi) is 10.8. The molecule has 0 bridgehead atoms. The summed E-state index contributed by atoms with van der Waals surface area (Å²) in [5.41, 5.74) is 1.74. The predicted octanol–water partition coefficient (Wildman–Crippen LogP) is 6.55. The van der Waals surface area contributed by atoms with Gasteiger partial charge in [-0.1, -0.05) is 49.3 Å². The van der Waals surface area contributed by atoms with Gasteiger partial charge in [0.25, 0.3) is 5.89 Å². The second-order valence-electron chi connectivity index (χ2n) is 8.57. The molecule has 0 unspecified atom stereocenters. The first-order chi connectivity index (χ1) is 17.4. The van der Waals surface area contributed by atoms with Gasteiger partial charge in [-0.3, -0.25) is 4.79 Å². The van der Waals surface area contributed by atoms with Crippen LogP contribution in [0.5, 0.6) is 11.5 Å². The van der Waals surface area contributed by atoms with Crippen LogP contribution in [0.2, 0.25) is 0 Å². The molecule has 2 N–H and O–H groups in total. The van der Waals surface area contributed by atoms with Crippen molar-refractivity contribution in [1.29, 1.82) is 0 Å². The number of hydrogen-bond donors (Lipinski definition) is 2. The molecule has 0 saturated carbocycles. The Balaban J connectivity index is 1.44. The summed E-state index contributed by atoms with van der Waals surface area (Å²) in [4.78, 5) is 12.2. The minimum absolute atomic E-state index is 0.0467. The normalized spacial score (nSPS) is 11.1. The fourth-order valence-corrected chi connectivity index (χ4v) is 3.71. The van der Waals surface area contributed by atoms with Gasteiger partial charge in [0, 0.05) is 17.4 Å². The molecule has 0 radical (unpaired) electrons. The lowest BCUT2D eigenvalue weighted by Crippen LogP contribution is -2.22. The maximum atomic E-state index is 12.2. The van der Waals surface area contributed by atoms with Gasteiger partial charge in [-0.15, -0.1) is 5.10 Å². The Labute approximate surface area is 220 Å². The standard InChI is InChI=1S/C27H33BrN4O4/c1-19(2)10-6-4-5-7-13-25(33)29-17-20-14-15-23(24(16-20)34-3)35-18-26-31-32-27(36-26)30-22-12-9-8-11-21(22)28/h6,8-12,14-16,19H,4-5,7,13,17-18H2,1-3H3,(H,29,33)(H,30,32)/b10-6+. The van der Waals surface area contributed by atoms with Crippen LogP contribution in [0.1, 0.15) is 51.0 Å². The zero-order chi connectivity index (χ0) is 25.8. The highest BCUT2D eigenvalue weighted by molar-refractivity contribution is 9.10. The Hall–Kier alpha value is -3.33. The lowest BCUT2D eigenvalue weighted by atomic mass is 10.1. The van der Waals surface area contributed by atoms with Gasteiger partial charge in [-0.05, 0) is 70.9 Å². The number of amides is 1. The largest absolute Gasteiger partial charge is 0.493 e. The van der Waals surface area contributed by atoms with Crippen LogP contribution in [0, 0.1) is 5.92 Å². The second-order valence-corrected chi connectivity index (χ2v) is 9.43. The molecule has 0 aliphatic heterocycles. The van der Waals surface area contributed by atoms with Crippen molar-refractivity contribution in [2.24, 2.45) is 5.92 Å². The second kappa shape index (κ2) is 14.3. The third kappa shape index (κ3) is 9.03. The molecule has 1 aromatic heterocycles. The molecule has 1 heterocycles. The van der Waals surface area contributed by atoms with Crippen molar-refractivity contribution in [3.8, 4) is 11.5 Å². The summed E-state index contributed by atoms with van der Waals surface area (Å²) in [6.07, 6.45) is 7.81. The molecule has 9 heteroatoms.